The van der Waals surface area contributed by atoms with Gasteiger partial charge < -0.3 is 10.2 Å². The van der Waals surface area contributed by atoms with Crippen molar-refractivity contribution in [2.75, 3.05) is 0 Å². The third-order valence-corrected chi connectivity index (χ3v) is 5.04. The summed E-state index contributed by atoms with van der Waals surface area (Å²) < 4.78 is 105. The van der Waals surface area contributed by atoms with Crippen LogP contribution in [0, 0.1) is 0 Å². The molecular weight excluding hydrogens is 488 g/mol. The van der Waals surface area contributed by atoms with Gasteiger partial charge in [0.25, 0.3) is 37.5 Å². The molecule has 0 saturated carbocycles. The first-order valence-corrected chi connectivity index (χ1v) is 9.23. The number of carbonyl (C=O) groups excluding carboxylic acids is 2. The van der Waals surface area contributed by atoms with Gasteiger partial charge in [0.1, 0.15) is 11.4 Å². The number of hydrazone groups is 2. The van der Waals surface area contributed by atoms with Crippen LogP contribution in [0.25, 0.3) is 0 Å². The lowest BCUT2D eigenvalue weighted by Crippen LogP contribution is -2.52. The monoisotopic (exact) mass is 502 g/mol. The standard InChI is InChI=1S/C18H14F8N4O4/c19-11(20)9-5-17(33,15(23)24)29(27-9)13(31)7-1-2-8(4-3-7)14(32)30-18(34,16(25)26)6-10(28-30)12(21)22/h1-4,11-12,15-16,33-34H,5-6H2/t17-,18-/m1/s1. The second-order valence-corrected chi connectivity index (χ2v) is 7.31. The molecule has 1 aromatic carbocycles. The molecule has 0 aromatic heterocycles. The van der Waals surface area contributed by atoms with Crippen LogP contribution in [-0.4, -0.2) is 80.6 Å². The van der Waals surface area contributed by atoms with E-state index < -0.39 is 84.4 Å². The molecule has 16 heteroatoms. The third-order valence-electron chi connectivity index (χ3n) is 5.04. The highest BCUT2D eigenvalue weighted by molar-refractivity contribution is 6.01. The number of carbonyl (C=O) groups is 2. The maximum absolute atomic E-state index is 13.3. The highest BCUT2D eigenvalue weighted by atomic mass is 19.3. The first kappa shape index (κ1) is 25.5. The smallest absolute Gasteiger partial charge is 0.287 e. The molecule has 3 rings (SSSR count). The van der Waals surface area contributed by atoms with Crippen LogP contribution in [-0.2, 0) is 0 Å². The summed E-state index contributed by atoms with van der Waals surface area (Å²) in [6.45, 7) is 0. The fourth-order valence-electron chi connectivity index (χ4n) is 3.21. The molecule has 0 aliphatic carbocycles. The Morgan fingerprint density at radius 2 is 1.00 bits per heavy atom. The van der Waals surface area contributed by atoms with Gasteiger partial charge in [0.15, 0.2) is 0 Å². The molecule has 0 spiro atoms. The van der Waals surface area contributed by atoms with Gasteiger partial charge >= 0.3 is 0 Å². The topological polar surface area (TPSA) is 106 Å². The fourth-order valence-corrected chi connectivity index (χ4v) is 3.21. The lowest BCUT2D eigenvalue weighted by molar-refractivity contribution is -0.164. The largest absolute Gasteiger partial charge is 0.364 e. The Kier molecular flexibility index (Phi) is 6.67. The van der Waals surface area contributed by atoms with Gasteiger partial charge in [0, 0.05) is 24.0 Å². The Morgan fingerprint density at radius 1 is 0.706 bits per heavy atom. The van der Waals surface area contributed by atoms with Crippen molar-refractivity contribution < 1.29 is 54.9 Å². The summed E-state index contributed by atoms with van der Waals surface area (Å²) >= 11 is 0. The second-order valence-electron chi connectivity index (χ2n) is 7.31. The molecule has 2 atom stereocenters. The van der Waals surface area contributed by atoms with Crippen molar-refractivity contribution in [2.45, 2.75) is 50.0 Å². The first-order valence-electron chi connectivity index (χ1n) is 9.23. The molecule has 2 aliphatic rings. The van der Waals surface area contributed by atoms with Crippen LogP contribution >= 0.6 is 0 Å². The normalized spacial score (nSPS) is 25.1. The van der Waals surface area contributed by atoms with E-state index in [1.165, 1.54) is 0 Å². The molecule has 0 unspecified atom stereocenters. The molecule has 0 fully saturated rings. The van der Waals surface area contributed by atoms with Crippen LogP contribution in [0.1, 0.15) is 33.6 Å². The van der Waals surface area contributed by atoms with Gasteiger partial charge in [0.05, 0.1) is 0 Å². The van der Waals surface area contributed by atoms with E-state index in [0.717, 1.165) is 24.3 Å². The second kappa shape index (κ2) is 8.90. The molecule has 34 heavy (non-hydrogen) atoms. The average molecular weight is 502 g/mol. The van der Waals surface area contributed by atoms with E-state index in [2.05, 4.69) is 10.2 Å². The fraction of sp³-hybridized carbons (Fsp3) is 0.444. The molecule has 1 aromatic rings. The minimum atomic E-state index is -3.68. The van der Waals surface area contributed by atoms with Crippen LogP contribution in [0.5, 0.6) is 0 Å². The number of aliphatic hydroxyl groups is 2. The molecule has 8 nitrogen and oxygen atoms in total. The lowest BCUT2D eigenvalue weighted by Gasteiger charge is -2.30. The van der Waals surface area contributed by atoms with Gasteiger partial charge in [0.2, 0.25) is 11.4 Å². The van der Waals surface area contributed by atoms with E-state index in [1.807, 2.05) is 0 Å². The minimum absolute atomic E-state index is 0.231. The van der Waals surface area contributed by atoms with E-state index >= 15 is 0 Å². The van der Waals surface area contributed by atoms with Gasteiger partial charge in [-0.2, -0.15) is 20.2 Å². The zero-order valence-electron chi connectivity index (χ0n) is 16.6. The van der Waals surface area contributed by atoms with Crippen molar-refractivity contribution in [2.24, 2.45) is 10.2 Å². The summed E-state index contributed by atoms with van der Waals surface area (Å²) in [4.78, 5) is 25.0. The van der Waals surface area contributed by atoms with Gasteiger partial charge in [-0.05, 0) is 24.3 Å². The van der Waals surface area contributed by atoms with E-state index in [-0.39, 0.29) is 10.0 Å². The number of nitrogens with zero attached hydrogens (tertiary/aromatic N) is 4. The molecule has 2 aliphatic heterocycles. The van der Waals surface area contributed by atoms with Crippen molar-refractivity contribution in [3.8, 4) is 0 Å². The predicted octanol–water partition coefficient (Wildman–Crippen LogP) is 2.53. The third kappa shape index (κ3) is 4.22. The lowest BCUT2D eigenvalue weighted by atomic mass is 10.0. The Hall–Kier alpha value is -3.14. The summed E-state index contributed by atoms with van der Waals surface area (Å²) in [5.74, 6) is -2.92. The van der Waals surface area contributed by atoms with E-state index in [9.17, 15) is 54.9 Å². The molecule has 0 bridgehead atoms. The van der Waals surface area contributed by atoms with Crippen LogP contribution in [0.3, 0.4) is 0 Å². The van der Waals surface area contributed by atoms with Crippen LogP contribution < -0.4 is 0 Å². The minimum Gasteiger partial charge on any atom is -0.364 e. The number of benzene rings is 1. The average Bonchev–Trinajstić information content (AvgIpc) is 3.32. The van der Waals surface area contributed by atoms with Crippen molar-refractivity contribution in [3.63, 3.8) is 0 Å². The summed E-state index contributed by atoms with van der Waals surface area (Å²) in [7, 11) is 0. The molecule has 0 radical (unpaired) electrons. The van der Waals surface area contributed by atoms with Crippen molar-refractivity contribution >= 4 is 23.2 Å². The maximum atomic E-state index is 13.3. The predicted molar refractivity (Wildman–Crippen MR) is 96.8 cm³/mol. The zero-order valence-corrected chi connectivity index (χ0v) is 16.6. The first-order chi connectivity index (χ1) is 15.7. The molecule has 2 N–H and O–H groups in total. The Bertz CT molecular complexity index is 954. The summed E-state index contributed by atoms with van der Waals surface area (Å²) in [6, 6.07) is 3.14. The van der Waals surface area contributed by atoms with Gasteiger partial charge in [-0.15, -0.1) is 0 Å². The van der Waals surface area contributed by atoms with Gasteiger partial charge in [-0.1, -0.05) is 0 Å². The maximum Gasteiger partial charge on any atom is 0.287 e. The molecule has 2 amide bonds. The Morgan fingerprint density at radius 3 is 1.24 bits per heavy atom. The number of rotatable bonds is 6. The molecule has 0 saturated heterocycles. The summed E-state index contributed by atoms with van der Waals surface area (Å²) in [6.07, 6.45) is -16.7. The quantitative estimate of drug-likeness (QED) is 0.584. The SMILES string of the molecule is O=C(c1ccc(C(=O)N2N=C(C(F)F)C[C@@]2(O)C(F)F)cc1)N1N=C(C(F)F)C[C@@]1(O)C(F)F. The van der Waals surface area contributed by atoms with Crippen molar-refractivity contribution in [1.29, 1.82) is 0 Å². The number of hydrogen-bond acceptors (Lipinski definition) is 6. The number of amides is 2. The Labute approximate surface area is 184 Å². The van der Waals surface area contributed by atoms with E-state index in [4.69, 9.17) is 0 Å². The van der Waals surface area contributed by atoms with Gasteiger partial charge in [-0.25, -0.2) is 35.1 Å². The van der Waals surface area contributed by atoms with Crippen LogP contribution in [0.2, 0.25) is 0 Å². The van der Waals surface area contributed by atoms with Crippen molar-refractivity contribution in [3.05, 3.63) is 35.4 Å². The van der Waals surface area contributed by atoms with Crippen LogP contribution in [0.4, 0.5) is 35.1 Å². The highest BCUT2D eigenvalue weighted by Gasteiger charge is 2.54. The number of alkyl halides is 8. The zero-order chi connectivity index (χ0) is 25.6. The summed E-state index contributed by atoms with van der Waals surface area (Å²) in [5, 5.41) is 25.7. The van der Waals surface area contributed by atoms with E-state index in [1.54, 1.807) is 0 Å². The van der Waals surface area contributed by atoms with Crippen molar-refractivity contribution in [1.82, 2.24) is 10.0 Å². The number of halogens is 8. The van der Waals surface area contributed by atoms with Gasteiger partial charge in [-0.3, -0.25) is 9.59 Å². The highest BCUT2D eigenvalue weighted by Crippen LogP contribution is 2.36. The van der Waals surface area contributed by atoms with Crippen LogP contribution in [0.15, 0.2) is 34.5 Å². The summed E-state index contributed by atoms with van der Waals surface area (Å²) in [5.41, 5.74) is -10.1. The van der Waals surface area contributed by atoms with E-state index in [0.29, 0.717) is 0 Å². The number of hydrogen-bond donors (Lipinski definition) is 2. The molecule has 186 valence electrons. The molecular formula is C18H14F8N4O4. The molecule has 2 heterocycles. The Balaban J connectivity index is 1.88.